The van der Waals surface area contributed by atoms with E-state index in [2.05, 4.69) is 43.0 Å². The van der Waals surface area contributed by atoms with E-state index in [4.69, 9.17) is 10.5 Å². The molecule has 1 aromatic heterocycles. The summed E-state index contributed by atoms with van der Waals surface area (Å²) in [5.41, 5.74) is 7.45. The highest BCUT2D eigenvalue weighted by Crippen LogP contribution is 2.33. The third kappa shape index (κ3) is 2.49. The Morgan fingerprint density at radius 1 is 1.35 bits per heavy atom. The first kappa shape index (κ1) is 14.0. The van der Waals surface area contributed by atoms with Crippen LogP contribution >= 0.6 is 11.3 Å². The van der Waals surface area contributed by atoms with Crippen molar-refractivity contribution in [3.05, 3.63) is 34.7 Å². The fourth-order valence-electron chi connectivity index (χ4n) is 2.86. The van der Waals surface area contributed by atoms with E-state index in [0.29, 0.717) is 6.54 Å². The van der Waals surface area contributed by atoms with Gasteiger partial charge in [-0.15, -0.1) is 11.3 Å². The number of nitrogens with two attached hydrogens (primary N) is 1. The fraction of sp³-hybridized carbons (Fsp3) is 0.500. The predicted octanol–water partition coefficient (Wildman–Crippen LogP) is 2.97. The van der Waals surface area contributed by atoms with Gasteiger partial charge in [0.25, 0.3) is 0 Å². The van der Waals surface area contributed by atoms with Gasteiger partial charge in [-0.3, -0.25) is 4.90 Å². The van der Waals surface area contributed by atoms with E-state index < -0.39 is 0 Å². The molecule has 0 radical (unpaired) electrons. The summed E-state index contributed by atoms with van der Waals surface area (Å²) in [5, 5.41) is 1.36. The summed E-state index contributed by atoms with van der Waals surface area (Å²) < 4.78 is 6.96. The fourth-order valence-corrected chi connectivity index (χ4v) is 3.96. The predicted molar refractivity (Wildman–Crippen MR) is 85.0 cm³/mol. The molecule has 1 saturated heterocycles. The Morgan fingerprint density at radius 3 is 2.90 bits per heavy atom. The minimum atomic E-state index is 0.0904. The maximum absolute atomic E-state index is 5.95. The van der Waals surface area contributed by atoms with Gasteiger partial charge in [-0.25, -0.2) is 0 Å². The average Bonchev–Trinajstić information content (AvgIpc) is 2.79. The van der Waals surface area contributed by atoms with E-state index in [9.17, 15) is 0 Å². The van der Waals surface area contributed by atoms with Crippen LogP contribution < -0.4 is 5.73 Å². The van der Waals surface area contributed by atoms with Gasteiger partial charge in [0, 0.05) is 34.8 Å². The molecular weight excluding hydrogens is 268 g/mol. The topological polar surface area (TPSA) is 38.5 Å². The minimum Gasteiger partial charge on any atom is -0.378 e. The Labute approximate surface area is 124 Å². The second kappa shape index (κ2) is 5.45. The number of benzene rings is 1. The molecule has 3 rings (SSSR count). The normalized spacial score (nSPS) is 19.6. The van der Waals surface area contributed by atoms with Crippen LogP contribution in [0.25, 0.3) is 10.1 Å². The second-order valence-electron chi connectivity index (χ2n) is 5.99. The van der Waals surface area contributed by atoms with Crippen LogP contribution in [0.4, 0.5) is 0 Å². The number of hydrogen-bond acceptors (Lipinski definition) is 4. The number of nitrogens with zero attached hydrogens (tertiary/aromatic N) is 1. The zero-order chi connectivity index (χ0) is 14.2. The van der Waals surface area contributed by atoms with Crippen molar-refractivity contribution in [2.75, 3.05) is 19.8 Å². The van der Waals surface area contributed by atoms with Crippen molar-refractivity contribution < 1.29 is 4.74 Å². The Morgan fingerprint density at radius 2 is 2.15 bits per heavy atom. The molecule has 4 heteroatoms. The molecule has 0 aliphatic carbocycles. The van der Waals surface area contributed by atoms with Crippen molar-refractivity contribution in [3.8, 4) is 0 Å². The molecule has 20 heavy (non-hydrogen) atoms. The SMILES string of the molecule is CC1(C)COCCN1Cc1c(CN)sc2ccccc12. The van der Waals surface area contributed by atoms with E-state index in [1.54, 1.807) is 0 Å². The summed E-state index contributed by atoms with van der Waals surface area (Å²) in [4.78, 5) is 3.83. The van der Waals surface area contributed by atoms with Crippen molar-refractivity contribution in [2.45, 2.75) is 32.5 Å². The van der Waals surface area contributed by atoms with Gasteiger partial charge in [0.05, 0.1) is 13.2 Å². The molecular formula is C16H22N2OS. The number of thiophene rings is 1. The first-order chi connectivity index (χ1) is 9.62. The molecule has 1 aliphatic heterocycles. The zero-order valence-electron chi connectivity index (χ0n) is 12.2. The zero-order valence-corrected chi connectivity index (χ0v) is 13.0. The highest BCUT2D eigenvalue weighted by molar-refractivity contribution is 7.19. The van der Waals surface area contributed by atoms with E-state index >= 15 is 0 Å². The van der Waals surface area contributed by atoms with E-state index in [1.807, 2.05) is 11.3 Å². The van der Waals surface area contributed by atoms with Crippen molar-refractivity contribution >= 4 is 21.4 Å². The van der Waals surface area contributed by atoms with E-state index in [-0.39, 0.29) is 5.54 Å². The van der Waals surface area contributed by atoms with Crippen LogP contribution in [0.5, 0.6) is 0 Å². The van der Waals surface area contributed by atoms with Crippen LogP contribution in [0.15, 0.2) is 24.3 Å². The number of morpholine rings is 1. The highest BCUT2D eigenvalue weighted by Gasteiger charge is 2.31. The molecule has 0 atom stereocenters. The van der Waals surface area contributed by atoms with Crippen LogP contribution in [-0.4, -0.2) is 30.2 Å². The molecule has 1 fully saturated rings. The average molecular weight is 290 g/mol. The monoisotopic (exact) mass is 290 g/mol. The lowest BCUT2D eigenvalue weighted by Crippen LogP contribution is -2.52. The van der Waals surface area contributed by atoms with Gasteiger partial charge < -0.3 is 10.5 Å². The van der Waals surface area contributed by atoms with E-state index in [1.165, 1.54) is 20.5 Å². The Kier molecular flexibility index (Phi) is 3.82. The van der Waals surface area contributed by atoms with Crippen LogP contribution in [-0.2, 0) is 17.8 Å². The highest BCUT2D eigenvalue weighted by atomic mass is 32.1. The first-order valence-corrected chi connectivity index (χ1v) is 7.95. The molecule has 2 heterocycles. The van der Waals surface area contributed by atoms with Gasteiger partial charge in [0.1, 0.15) is 0 Å². The summed E-state index contributed by atoms with van der Waals surface area (Å²) in [6, 6.07) is 8.62. The van der Waals surface area contributed by atoms with Crippen LogP contribution in [0.1, 0.15) is 24.3 Å². The van der Waals surface area contributed by atoms with Gasteiger partial charge in [0.2, 0.25) is 0 Å². The van der Waals surface area contributed by atoms with Crippen LogP contribution in [0.2, 0.25) is 0 Å². The Bertz CT molecular complexity index is 606. The lowest BCUT2D eigenvalue weighted by molar-refractivity contribution is -0.0551. The van der Waals surface area contributed by atoms with Crippen LogP contribution in [0.3, 0.4) is 0 Å². The Hall–Kier alpha value is -0.940. The van der Waals surface area contributed by atoms with Gasteiger partial charge in [0.15, 0.2) is 0 Å². The van der Waals surface area contributed by atoms with Crippen molar-refractivity contribution in [1.82, 2.24) is 4.90 Å². The van der Waals surface area contributed by atoms with Gasteiger partial charge in [-0.05, 0) is 30.9 Å². The largest absolute Gasteiger partial charge is 0.378 e. The molecule has 2 aromatic rings. The lowest BCUT2D eigenvalue weighted by atomic mass is 10.0. The maximum atomic E-state index is 5.95. The lowest BCUT2D eigenvalue weighted by Gasteiger charge is -2.42. The molecule has 2 N–H and O–H groups in total. The van der Waals surface area contributed by atoms with Crippen LogP contribution in [0, 0.1) is 0 Å². The Balaban J connectivity index is 1.97. The summed E-state index contributed by atoms with van der Waals surface area (Å²) >= 11 is 1.83. The third-order valence-electron chi connectivity index (χ3n) is 4.13. The summed E-state index contributed by atoms with van der Waals surface area (Å²) in [7, 11) is 0. The molecule has 108 valence electrons. The minimum absolute atomic E-state index is 0.0904. The molecule has 0 bridgehead atoms. The third-order valence-corrected chi connectivity index (χ3v) is 5.37. The molecule has 0 amide bonds. The van der Waals surface area contributed by atoms with Crippen molar-refractivity contribution in [1.29, 1.82) is 0 Å². The number of rotatable bonds is 3. The maximum Gasteiger partial charge on any atom is 0.0645 e. The van der Waals surface area contributed by atoms with Gasteiger partial charge in [-0.1, -0.05) is 18.2 Å². The number of hydrogen-bond donors (Lipinski definition) is 1. The van der Waals surface area contributed by atoms with Crippen molar-refractivity contribution in [3.63, 3.8) is 0 Å². The second-order valence-corrected chi connectivity index (χ2v) is 7.13. The molecule has 0 spiro atoms. The quantitative estimate of drug-likeness (QED) is 0.944. The molecule has 3 nitrogen and oxygen atoms in total. The molecule has 1 aliphatic rings. The summed E-state index contributed by atoms with van der Waals surface area (Å²) in [5.74, 6) is 0. The molecule has 0 saturated carbocycles. The molecule has 0 unspecified atom stereocenters. The summed E-state index contributed by atoms with van der Waals surface area (Å²) in [6.07, 6.45) is 0. The molecule has 1 aromatic carbocycles. The van der Waals surface area contributed by atoms with Gasteiger partial charge >= 0.3 is 0 Å². The number of fused-ring (bicyclic) bond motifs is 1. The smallest absolute Gasteiger partial charge is 0.0645 e. The summed E-state index contributed by atoms with van der Waals surface area (Å²) in [6.45, 7) is 8.70. The van der Waals surface area contributed by atoms with E-state index in [0.717, 1.165) is 26.3 Å². The van der Waals surface area contributed by atoms with Crippen molar-refractivity contribution in [2.24, 2.45) is 5.73 Å². The standard InChI is InChI=1S/C16H22N2OS/c1-16(2)11-19-8-7-18(16)10-13-12-5-3-4-6-14(12)20-15(13)9-17/h3-6H,7-11,17H2,1-2H3. The first-order valence-electron chi connectivity index (χ1n) is 7.14. The van der Waals surface area contributed by atoms with Gasteiger partial charge in [-0.2, -0.15) is 0 Å². The number of ether oxygens (including phenoxy) is 1.